The second kappa shape index (κ2) is 7.10. The number of anilines is 1. The summed E-state index contributed by atoms with van der Waals surface area (Å²) in [4.78, 5) is 38.0. The molecule has 132 valence electrons. The highest BCUT2D eigenvalue weighted by atomic mass is 16.5. The third kappa shape index (κ3) is 3.14. The van der Waals surface area contributed by atoms with Crippen molar-refractivity contribution in [2.75, 3.05) is 19.1 Å². The number of hydrogen-bond donors (Lipinski definition) is 1. The van der Waals surface area contributed by atoms with Gasteiger partial charge in [-0.05, 0) is 30.3 Å². The summed E-state index contributed by atoms with van der Waals surface area (Å²) in [5, 5.41) is 2.18. The number of para-hydroxylation sites is 1. The van der Waals surface area contributed by atoms with Crippen LogP contribution in [0.4, 0.5) is 10.5 Å². The highest BCUT2D eigenvalue weighted by molar-refractivity contribution is 6.39. The van der Waals surface area contributed by atoms with E-state index in [0.717, 1.165) is 4.90 Å². The normalized spacial score (nSPS) is 15.8. The van der Waals surface area contributed by atoms with Gasteiger partial charge in [0.1, 0.15) is 17.1 Å². The molecule has 0 aromatic heterocycles. The molecule has 0 saturated carbocycles. The predicted octanol–water partition coefficient (Wildman–Crippen LogP) is 2.37. The SMILES string of the molecule is COc1ccc(/C=C2\C(=O)NC(=O)N(c3ccccc3)C2=O)c(OC)c1. The Labute approximate surface area is 149 Å². The van der Waals surface area contributed by atoms with Crippen molar-refractivity contribution in [3.05, 3.63) is 59.7 Å². The van der Waals surface area contributed by atoms with Crippen LogP contribution in [0.25, 0.3) is 6.08 Å². The van der Waals surface area contributed by atoms with Crippen LogP contribution in [0.5, 0.6) is 11.5 Å². The van der Waals surface area contributed by atoms with Crippen LogP contribution in [-0.4, -0.2) is 32.1 Å². The first kappa shape index (κ1) is 17.2. The van der Waals surface area contributed by atoms with Crippen molar-refractivity contribution in [2.24, 2.45) is 0 Å². The lowest BCUT2D eigenvalue weighted by atomic mass is 10.1. The second-order valence-electron chi connectivity index (χ2n) is 5.40. The molecule has 1 fully saturated rings. The minimum Gasteiger partial charge on any atom is -0.497 e. The summed E-state index contributed by atoms with van der Waals surface area (Å²) >= 11 is 0. The number of imide groups is 2. The van der Waals surface area contributed by atoms with E-state index in [4.69, 9.17) is 9.47 Å². The predicted molar refractivity (Wildman–Crippen MR) is 95.0 cm³/mol. The van der Waals surface area contributed by atoms with Gasteiger partial charge in [-0.2, -0.15) is 0 Å². The van der Waals surface area contributed by atoms with Gasteiger partial charge in [-0.3, -0.25) is 14.9 Å². The molecule has 0 spiro atoms. The smallest absolute Gasteiger partial charge is 0.335 e. The van der Waals surface area contributed by atoms with Crippen molar-refractivity contribution in [1.29, 1.82) is 0 Å². The fourth-order valence-electron chi connectivity index (χ4n) is 2.56. The summed E-state index contributed by atoms with van der Waals surface area (Å²) in [5.74, 6) is -0.460. The fraction of sp³-hybridized carbons (Fsp3) is 0.105. The Morgan fingerprint density at radius 1 is 0.962 bits per heavy atom. The molecule has 2 aromatic rings. The molecular formula is C19H16N2O5. The third-order valence-electron chi connectivity index (χ3n) is 3.86. The van der Waals surface area contributed by atoms with Crippen LogP contribution < -0.4 is 19.7 Å². The minimum atomic E-state index is -0.787. The number of urea groups is 1. The number of nitrogens with zero attached hydrogens (tertiary/aromatic N) is 1. The van der Waals surface area contributed by atoms with E-state index < -0.39 is 17.8 Å². The molecule has 3 rings (SSSR count). The largest absolute Gasteiger partial charge is 0.497 e. The van der Waals surface area contributed by atoms with Crippen molar-refractivity contribution in [3.8, 4) is 11.5 Å². The maximum absolute atomic E-state index is 12.8. The zero-order chi connectivity index (χ0) is 18.7. The van der Waals surface area contributed by atoms with Gasteiger partial charge in [0.25, 0.3) is 11.8 Å². The molecule has 1 heterocycles. The summed E-state index contributed by atoms with van der Waals surface area (Å²) < 4.78 is 10.4. The van der Waals surface area contributed by atoms with Crippen LogP contribution in [-0.2, 0) is 9.59 Å². The van der Waals surface area contributed by atoms with Crippen LogP contribution >= 0.6 is 0 Å². The topological polar surface area (TPSA) is 84.9 Å². The van der Waals surface area contributed by atoms with Gasteiger partial charge in [-0.1, -0.05) is 18.2 Å². The number of ether oxygens (including phenoxy) is 2. The summed E-state index contributed by atoms with van der Waals surface area (Å²) in [5.41, 5.74) is 0.709. The van der Waals surface area contributed by atoms with Gasteiger partial charge in [0, 0.05) is 11.6 Å². The summed E-state index contributed by atoms with van der Waals surface area (Å²) in [6.07, 6.45) is 1.39. The number of carbonyl (C=O) groups is 3. The maximum Gasteiger partial charge on any atom is 0.335 e. The molecule has 0 atom stereocenters. The highest BCUT2D eigenvalue weighted by Crippen LogP contribution is 2.28. The number of benzene rings is 2. The van der Waals surface area contributed by atoms with E-state index in [2.05, 4.69) is 5.32 Å². The van der Waals surface area contributed by atoms with Crippen molar-refractivity contribution in [1.82, 2.24) is 5.32 Å². The van der Waals surface area contributed by atoms with Crippen LogP contribution in [0.3, 0.4) is 0 Å². The van der Waals surface area contributed by atoms with Gasteiger partial charge in [0.2, 0.25) is 0 Å². The molecule has 7 heteroatoms. The summed E-state index contributed by atoms with van der Waals surface area (Å²) in [7, 11) is 2.99. The molecule has 0 bridgehead atoms. The van der Waals surface area contributed by atoms with E-state index in [0.29, 0.717) is 22.7 Å². The average molecular weight is 352 g/mol. The molecule has 0 aliphatic carbocycles. The van der Waals surface area contributed by atoms with E-state index >= 15 is 0 Å². The first-order chi connectivity index (χ1) is 12.5. The third-order valence-corrected chi connectivity index (χ3v) is 3.86. The van der Waals surface area contributed by atoms with Gasteiger partial charge in [0.05, 0.1) is 19.9 Å². The monoisotopic (exact) mass is 352 g/mol. The number of barbiturate groups is 1. The molecule has 0 radical (unpaired) electrons. The zero-order valence-corrected chi connectivity index (χ0v) is 14.2. The molecule has 1 N–H and O–H groups in total. The van der Waals surface area contributed by atoms with Crippen molar-refractivity contribution < 1.29 is 23.9 Å². The highest BCUT2D eigenvalue weighted by Gasteiger charge is 2.36. The van der Waals surface area contributed by atoms with E-state index in [1.165, 1.54) is 20.3 Å². The van der Waals surface area contributed by atoms with Gasteiger partial charge >= 0.3 is 6.03 Å². The Morgan fingerprint density at radius 3 is 2.35 bits per heavy atom. The zero-order valence-electron chi connectivity index (χ0n) is 14.2. The lowest BCUT2D eigenvalue weighted by Crippen LogP contribution is -2.54. The summed E-state index contributed by atoms with van der Waals surface area (Å²) in [6, 6.07) is 12.6. The molecular weight excluding hydrogens is 336 g/mol. The number of methoxy groups -OCH3 is 2. The van der Waals surface area contributed by atoms with Crippen LogP contribution in [0.2, 0.25) is 0 Å². The fourth-order valence-corrected chi connectivity index (χ4v) is 2.56. The molecule has 0 unspecified atom stereocenters. The first-order valence-electron chi connectivity index (χ1n) is 7.73. The number of hydrogen-bond acceptors (Lipinski definition) is 5. The number of nitrogens with one attached hydrogen (secondary N) is 1. The van der Waals surface area contributed by atoms with E-state index in [-0.39, 0.29) is 5.57 Å². The van der Waals surface area contributed by atoms with E-state index in [1.54, 1.807) is 48.5 Å². The molecule has 2 aromatic carbocycles. The lowest BCUT2D eigenvalue weighted by molar-refractivity contribution is -0.122. The molecule has 26 heavy (non-hydrogen) atoms. The van der Waals surface area contributed by atoms with Gasteiger partial charge in [0.15, 0.2) is 0 Å². The number of rotatable bonds is 4. The Balaban J connectivity index is 2.04. The van der Waals surface area contributed by atoms with Gasteiger partial charge < -0.3 is 9.47 Å². The molecule has 7 nitrogen and oxygen atoms in total. The van der Waals surface area contributed by atoms with Crippen LogP contribution in [0, 0.1) is 0 Å². The van der Waals surface area contributed by atoms with E-state index in [9.17, 15) is 14.4 Å². The van der Waals surface area contributed by atoms with Crippen LogP contribution in [0.1, 0.15) is 5.56 Å². The van der Waals surface area contributed by atoms with Crippen molar-refractivity contribution in [2.45, 2.75) is 0 Å². The Hall–Kier alpha value is -3.61. The van der Waals surface area contributed by atoms with Crippen LogP contribution in [0.15, 0.2) is 54.1 Å². The molecule has 4 amide bonds. The van der Waals surface area contributed by atoms with Gasteiger partial charge in [-0.25, -0.2) is 9.69 Å². The number of carbonyl (C=O) groups excluding carboxylic acids is 3. The lowest BCUT2D eigenvalue weighted by Gasteiger charge is -2.26. The first-order valence-corrected chi connectivity index (χ1v) is 7.73. The Kier molecular flexibility index (Phi) is 4.70. The Bertz CT molecular complexity index is 905. The van der Waals surface area contributed by atoms with E-state index in [1.807, 2.05) is 0 Å². The van der Waals surface area contributed by atoms with Crippen molar-refractivity contribution in [3.63, 3.8) is 0 Å². The molecule has 1 saturated heterocycles. The average Bonchev–Trinajstić information content (AvgIpc) is 2.65. The number of amides is 4. The van der Waals surface area contributed by atoms with Gasteiger partial charge in [-0.15, -0.1) is 0 Å². The molecule has 1 aliphatic rings. The Morgan fingerprint density at radius 2 is 1.69 bits per heavy atom. The summed E-state index contributed by atoms with van der Waals surface area (Å²) in [6.45, 7) is 0. The quantitative estimate of drug-likeness (QED) is 0.674. The second-order valence-corrected chi connectivity index (χ2v) is 5.40. The maximum atomic E-state index is 12.8. The van der Waals surface area contributed by atoms with Crippen molar-refractivity contribution >= 4 is 29.6 Å². The minimum absolute atomic E-state index is 0.170. The standard InChI is InChI=1S/C19H16N2O5/c1-25-14-9-8-12(16(11-14)26-2)10-15-17(22)20-19(24)21(18(15)23)13-6-4-3-5-7-13/h3-11H,1-2H3,(H,20,22,24)/b15-10+. The molecule has 1 aliphatic heterocycles.